The highest BCUT2D eigenvalue weighted by Crippen LogP contribution is 2.32. The second-order valence-electron chi connectivity index (χ2n) is 3.46. The highest BCUT2D eigenvalue weighted by molar-refractivity contribution is 9.10. The number of halogens is 1. The summed E-state index contributed by atoms with van der Waals surface area (Å²) in [7, 11) is 3.37. The smallest absolute Gasteiger partial charge is 0.204 e. The van der Waals surface area contributed by atoms with Crippen LogP contribution in [0.25, 0.3) is 0 Å². The average Bonchev–Trinajstić information content (AvgIpc) is 2.41. The fraction of sp³-hybridized carbons (Fsp3) is 0.167. The number of aromatic nitrogens is 2. The zero-order valence-electron chi connectivity index (χ0n) is 10.1. The molecular weight excluding hydrogens is 296 g/mol. The minimum absolute atomic E-state index is 0.579. The fourth-order valence-corrected chi connectivity index (χ4v) is 1.91. The lowest BCUT2D eigenvalue weighted by atomic mass is 10.3. The number of methoxy groups -OCH3 is 1. The molecule has 1 aromatic carbocycles. The Labute approximate surface area is 114 Å². The van der Waals surface area contributed by atoms with E-state index < -0.39 is 0 Å². The van der Waals surface area contributed by atoms with Crippen LogP contribution in [0.1, 0.15) is 0 Å². The maximum Gasteiger partial charge on any atom is 0.204 e. The molecule has 2 N–H and O–H groups in total. The van der Waals surface area contributed by atoms with E-state index in [4.69, 9.17) is 4.74 Å². The van der Waals surface area contributed by atoms with Crippen molar-refractivity contribution in [3.05, 3.63) is 35.1 Å². The highest BCUT2D eigenvalue weighted by atomic mass is 79.9. The van der Waals surface area contributed by atoms with Gasteiger partial charge >= 0.3 is 0 Å². The highest BCUT2D eigenvalue weighted by Gasteiger charge is 2.11. The lowest BCUT2D eigenvalue weighted by Crippen LogP contribution is -2.03. The summed E-state index contributed by atoms with van der Waals surface area (Å²) in [6, 6.07) is 7.80. The number of rotatable bonds is 4. The van der Waals surface area contributed by atoms with Gasteiger partial charge in [0, 0.05) is 11.5 Å². The maximum absolute atomic E-state index is 5.31. The van der Waals surface area contributed by atoms with E-state index in [1.807, 2.05) is 24.3 Å². The van der Waals surface area contributed by atoms with Crippen molar-refractivity contribution in [3.8, 4) is 5.75 Å². The number of benzene rings is 1. The van der Waals surface area contributed by atoms with E-state index in [2.05, 4.69) is 36.5 Å². The van der Waals surface area contributed by atoms with Crippen molar-refractivity contribution >= 4 is 33.3 Å². The minimum Gasteiger partial charge on any atom is -0.490 e. The predicted octanol–water partition coefficient (Wildman–Crippen LogP) is 3.03. The van der Waals surface area contributed by atoms with Gasteiger partial charge in [0.05, 0.1) is 12.8 Å². The van der Waals surface area contributed by atoms with Gasteiger partial charge in [-0.3, -0.25) is 0 Å². The third-order valence-electron chi connectivity index (χ3n) is 2.37. The van der Waals surface area contributed by atoms with E-state index in [0.29, 0.717) is 17.4 Å². The number of para-hydroxylation sites is 1. The Morgan fingerprint density at radius 3 is 2.56 bits per heavy atom. The molecule has 0 radical (unpaired) electrons. The van der Waals surface area contributed by atoms with Crippen molar-refractivity contribution in [2.75, 3.05) is 24.8 Å². The van der Waals surface area contributed by atoms with Crippen molar-refractivity contribution < 1.29 is 4.74 Å². The predicted molar refractivity (Wildman–Crippen MR) is 75.6 cm³/mol. The number of nitrogens with one attached hydrogen (secondary N) is 2. The molecule has 6 heteroatoms. The van der Waals surface area contributed by atoms with Crippen LogP contribution in [0.3, 0.4) is 0 Å². The Morgan fingerprint density at radius 1 is 1.17 bits per heavy atom. The molecule has 0 aliphatic heterocycles. The van der Waals surface area contributed by atoms with E-state index in [1.54, 1.807) is 14.2 Å². The van der Waals surface area contributed by atoms with E-state index in [9.17, 15) is 0 Å². The first kappa shape index (κ1) is 12.6. The second kappa shape index (κ2) is 5.68. The largest absolute Gasteiger partial charge is 0.490 e. The molecule has 1 aromatic heterocycles. The molecule has 0 saturated heterocycles. The third kappa shape index (κ3) is 2.53. The van der Waals surface area contributed by atoms with Gasteiger partial charge in [-0.1, -0.05) is 12.1 Å². The van der Waals surface area contributed by atoms with Gasteiger partial charge in [0.15, 0.2) is 11.6 Å². The molecular formula is C12H13BrN4O. The zero-order chi connectivity index (χ0) is 13.0. The Kier molecular flexibility index (Phi) is 3.99. The Balaban J connectivity index is 2.37. The van der Waals surface area contributed by atoms with E-state index in [0.717, 1.165) is 10.2 Å². The topological polar surface area (TPSA) is 59.1 Å². The lowest BCUT2D eigenvalue weighted by Gasteiger charge is -2.13. The van der Waals surface area contributed by atoms with E-state index in [-0.39, 0.29) is 0 Å². The molecule has 2 aromatic rings. The molecule has 0 fully saturated rings. The van der Waals surface area contributed by atoms with Gasteiger partial charge in [0.2, 0.25) is 5.75 Å². The summed E-state index contributed by atoms with van der Waals surface area (Å²) < 4.78 is 6.27. The van der Waals surface area contributed by atoms with Gasteiger partial charge < -0.3 is 15.4 Å². The van der Waals surface area contributed by atoms with Gasteiger partial charge in [-0.05, 0) is 28.1 Å². The van der Waals surface area contributed by atoms with Crippen molar-refractivity contribution in [3.63, 3.8) is 0 Å². The molecule has 0 unspecified atom stereocenters. The van der Waals surface area contributed by atoms with Crippen LogP contribution in [0.15, 0.2) is 35.1 Å². The lowest BCUT2D eigenvalue weighted by molar-refractivity contribution is 0.415. The Morgan fingerprint density at radius 2 is 1.89 bits per heavy atom. The Bertz CT molecular complexity index is 547. The van der Waals surface area contributed by atoms with Crippen LogP contribution in [-0.2, 0) is 0 Å². The van der Waals surface area contributed by atoms with E-state index >= 15 is 0 Å². The summed E-state index contributed by atoms with van der Waals surface area (Å²) in [5.74, 6) is 1.83. The van der Waals surface area contributed by atoms with Gasteiger partial charge in [-0.15, -0.1) is 0 Å². The standard InChI is InChI=1S/C12H13BrN4O/c1-14-11-10(18-2)12(16-7-15-11)17-9-6-4-3-5-8(9)13/h3-7H,1-2H3,(H2,14,15,16,17). The maximum atomic E-state index is 5.31. The molecule has 1 heterocycles. The monoisotopic (exact) mass is 308 g/mol. The SMILES string of the molecule is CNc1ncnc(Nc2ccccc2Br)c1OC. The van der Waals surface area contributed by atoms with Crippen molar-refractivity contribution in [1.29, 1.82) is 0 Å². The van der Waals surface area contributed by atoms with Crippen LogP contribution in [0.4, 0.5) is 17.3 Å². The summed E-state index contributed by atoms with van der Waals surface area (Å²) >= 11 is 3.47. The van der Waals surface area contributed by atoms with Gasteiger partial charge in [-0.25, -0.2) is 9.97 Å². The summed E-state index contributed by atoms with van der Waals surface area (Å²) in [6.07, 6.45) is 1.48. The number of hydrogen-bond donors (Lipinski definition) is 2. The number of anilines is 3. The van der Waals surface area contributed by atoms with Crippen LogP contribution in [0, 0.1) is 0 Å². The van der Waals surface area contributed by atoms with Crippen LogP contribution < -0.4 is 15.4 Å². The molecule has 5 nitrogen and oxygen atoms in total. The van der Waals surface area contributed by atoms with E-state index in [1.165, 1.54) is 6.33 Å². The molecule has 0 atom stereocenters. The van der Waals surface area contributed by atoms with Gasteiger partial charge in [0.25, 0.3) is 0 Å². The van der Waals surface area contributed by atoms with Crippen LogP contribution in [0.5, 0.6) is 5.75 Å². The zero-order valence-corrected chi connectivity index (χ0v) is 11.7. The minimum atomic E-state index is 0.579. The van der Waals surface area contributed by atoms with Crippen molar-refractivity contribution in [2.45, 2.75) is 0 Å². The first-order chi connectivity index (χ1) is 8.76. The molecule has 0 aliphatic rings. The Hall–Kier alpha value is -1.82. The molecule has 0 aliphatic carbocycles. The van der Waals surface area contributed by atoms with Crippen LogP contribution in [-0.4, -0.2) is 24.1 Å². The molecule has 0 amide bonds. The summed E-state index contributed by atoms with van der Waals surface area (Å²) in [5.41, 5.74) is 0.913. The first-order valence-electron chi connectivity index (χ1n) is 5.34. The number of nitrogens with zero attached hydrogens (tertiary/aromatic N) is 2. The number of hydrogen-bond acceptors (Lipinski definition) is 5. The fourth-order valence-electron chi connectivity index (χ4n) is 1.52. The molecule has 0 bridgehead atoms. The third-order valence-corrected chi connectivity index (χ3v) is 3.06. The normalized spacial score (nSPS) is 9.94. The molecule has 18 heavy (non-hydrogen) atoms. The summed E-state index contributed by atoms with van der Waals surface area (Å²) in [5, 5.41) is 6.16. The molecule has 2 rings (SSSR count). The van der Waals surface area contributed by atoms with Crippen molar-refractivity contribution in [2.24, 2.45) is 0 Å². The average molecular weight is 309 g/mol. The molecule has 94 valence electrons. The second-order valence-corrected chi connectivity index (χ2v) is 4.31. The first-order valence-corrected chi connectivity index (χ1v) is 6.14. The molecule has 0 spiro atoms. The van der Waals surface area contributed by atoms with Gasteiger partial charge in [-0.2, -0.15) is 0 Å². The quantitative estimate of drug-likeness (QED) is 0.909. The van der Waals surface area contributed by atoms with Crippen molar-refractivity contribution in [1.82, 2.24) is 9.97 Å². The molecule has 0 saturated carbocycles. The number of ether oxygens (including phenoxy) is 1. The van der Waals surface area contributed by atoms with Gasteiger partial charge in [0.1, 0.15) is 6.33 Å². The summed E-state index contributed by atoms with van der Waals surface area (Å²) in [4.78, 5) is 8.28. The van der Waals surface area contributed by atoms with Crippen LogP contribution in [0.2, 0.25) is 0 Å². The van der Waals surface area contributed by atoms with Crippen LogP contribution >= 0.6 is 15.9 Å². The summed E-state index contributed by atoms with van der Waals surface area (Å²) in [6.45, 7) is 0.